The predicted octanol–water partition coefficient (Wildman–Crippen LogP) is 13.6. The molecule has 3 aromatic heterocycles. The molecule has 1 aliphatic rings. The van der Waals surface area contributed by atoms with Crippen molar-refractivity contribution in [2.24, 2.45) is 0 Å². The molecule has 0 spiro atoms. The molecule has 7 aromatic carbocycles. The standard InChI is InChI=1S/C54H42N5O.Pt/c1-35-20-23-45-46-33-55-53(32-51(46)58(49(45)26-35)39-16-10-7-11-17-39)59-47-19-13-12-18-43(47)44-24-22-41(31-50(44)59)60-42-29-38(54(2,3)4)28-40(30-42)57-34-56(5)48-25-21-37(27-52(48)57)36-14-8-6-9-15-36;/h6-29,32-34H,1-5H3;/q-3;/i5D3;. The third-order valence-electron chi connectivity index (χ3n) is 11.6. The summed E-state index contributed by atoms with van der Waals surface area (Å²) < 4.78 is 36.5. The topological polar surface area (TPSA) is 38.5 Å². The summed E-state index contributed by atoms with van der Waals surface area (Å²) in [7, 11) is 0. The Morgan fingerprint density at radius 2 is 1.36 bits per heavy atom. The number of para-hydroxylation sites is 2. The number of hydrogen-bond acceptors (Lipinski definition) is 4. The van der Waals surface area contributed by atoms with Gasteiger partial charge < -0.3 is 23.7 Å². The van der Waals surface area contributed by atoms with Crippen molar-refractivity contribution in [1.82, 2.24) is 14.1 Å². The van der Waals surface area contributed by atoms with Gasteiger partial charge in [-0.1, -0.05) is 111 Å². The number of pyridine rings is 1. The van der Waals surface area contributed by atoms with E-state index in [1.165, 1.54) is 10.5 Å². The van der Waals surface area contributed by atoms with E-state index in [1.54, 1.807) is 6.67 Å². The second kappa shape index (κ2) is 14.8. The molecular formula is C54H42N5OPt-3. The molecule has 0 saturated carbocycles. The van der Waals surface area contributed by atoms with Crippen LogP contribution in [0.15, 0.2) is 158 Å². The second-order valence-corrected chi connectivity index (χ2v) is 16.6. The van der Waals surface area contributed by atoms with Crippen molar-refractivity contribution < 1.29 is 29.9 Å². The number of benzene rings is 7. The maximum Gasteiger partial charge on any atom is 0.137 e. The predicted molar refractivity (Wildman–Crippen MR) is 247 cm³/mol. The quantitative estimate of drug-likeness (QED) is 0.156. The average Bonchev–Trinajstić information content (AvgIpc) is 3.93. The molecule has 7 heteroatoms. The largest absolute Gasteiger partial charge is 0.509 e. The van der Waals surface area contributed by atoms with Gasteiger partial charge in [-0.05, 0) is 77.8 Å². The Hall–Kier alpha value is -6.62. The van der Waals surface area contributed by atoms with E-state index in [0.29, 0.717) is 22.9 Å². The third kappa shape index (κ3) is 6.58. The van der Waals surface area contributed by atoms with Crippen LogP contribution in [0.3, 0.4) is 0 Å². The van der Waals surface area contributed by atoms with Crippen molar-refractivity contribution in [2.45, 2.75) is 33.1 Å². The first-order valence-electron chi connectivity index (χ1n) is 21.7. The fourth-order valence-corrected chi connectivity index (χ4v) is 8.59. The van der Waals surface area contributed by atoms with Gasteiger partial charge in [0.15, 0.2) is 0 Å². The molecule has 0 N–H and O–H groups in total. The Morgan fingerprint density at radius 1 is 0.623 bits per heavy atom. The molecule has 61 heavy (non-hydrogen) atoms. The van der Waals surface area contributed by atoms with Gasteiger partial charge in [-0.3, -0.25) is 0 Å². The van der Waals surface area contributed by atoms with Gasteiger partial charge in [0.1, 0.15) is 5.82 Å². The van der Waals surface area contributed by atoms with Crippen molar-refractivity contribution >= 4 is 60.7 Å². The Balaban J connectivity index is 0.00000484. The minimum atomic E-state index is -2.40. The van der Waals surface area contributed by atoms with Crippen LogP contribution >= 0.6 is 0 Å². The first kappa shape index (κ1) is 35.2. The smallest absolute Gasteiger partial charge is 0.137 e. The maximum absolute atomic E-state index is 8.43. The van der Waals surface area contributed by atoms with Gasteiger partial charge in [0, 0.05) is 82.3 Å². The third-order valence-corrected chi connectivity index (χ3v) is 11.6. The Kier molecular flexibility index (Phi) is 8.55. The van der Waals surface area contributed by atoms with Gasteiger partial charge in [-0.25, -0.2) is 4.98 Å². The van der Waals surface area contributed by atoms with Gasteiger partial charge in [0.05, 0.1) is 11.0 Å². The first-order valence-corrected chi connectivity index (χ1v) is 20.2. The van der Waals surface area contributed by atoms with Crippen LogP contribution in [0.2, 0.25) is 0 Å². The zero-order valence-corrected chi connectivity index (χ0v) is 36.3. The molecule has 302 valence electrons. The normalized spacial score (nSPS) is 13.7. The van der Waals surface area contributed by atoms with E-state index in [9.17, 15) is 0 Å². The first-order chi connectivity index (χ1) is 30.4. The molecule has 0 fully saturated rings. The van der Waals surface area contributed by atoms with Crippen molar-refractivity contribution in [1.29, 1.82) is 0 Å². The van der Waals surface area contributed by atoms with E-state index in [0.717, 1.165) is 77.5 Å². The van der Waals surface area contributed by atoms with Gasteiger partial charge in [-0.15, -0.1) is 47.0 Å². The molecule has 0 unspecified atom stereocenters. The summed E-state index contributed by atoms with van der Waals surface area (Å²) in [6.45, 7) is 7.82. The molecule has 0 radical (unpaired) electrons. The van der Waals surface area contributed by atoms with E-state index in [2.05, 4.69) is 146 Å². The fraction of sp³-hybridized carbons (Fsp3) is 0.111. The maximum atomic E-state index is 8.43. The monoisotopic (exact) mass is 974 g/mol. The van der Waals surface area contributed by atoms with Crippen molar-refractivity contribution in [2.75, 3.05) is 16.8 Å². The molecule has 0 bridgehead atoms. The summed E-state index contributed by atoms with van der Waals surface area (Å²) in [4.78, 5) is 8.38. The summed E-state index contributed by atoms with van der Waals surface area (Å²) in [5.74, 6) is 1.76. The number of hydrogen-bond donors (Lipinski definition) is 0. The van der Waals surface area contributed by atoms with Crippen LogP contribution in [0, 0.1) is 25.7 Å². The Morgan fingerprint density at radius 3 is 2.16 bits per heavy atom. The Labute approximate surface area is 374 Å². The molecule has 6 nitrogen and oxygen atoms in total. The summed E-state index contributed by atoms with van der Waals surface area (Å²) in [5.41, 5.74) is 11.0. The van der Waals surface area contributed by atoms with Crippen LogP contribution in [0.4, 0.5) is 17.1 Å². The van der Waals surface area contributed by atoms with Crippen LogP contribution in [-0.2, 0) is 26.5 Å². The average molecular weight is 975 g/mol. The molecule has 11 rings (SSSR count). The molecule has 1 aliphatic heterocycles. The molecule has 0 atom stereocenters. The summed E-state index contributed by atoms with van der Waals surface area (Å²) >= 11 is 0. The van der Waals surface area contributed by atoms with Crippen LogP contribution in [0.5, 0.6) is 11.5 Å². The van der Waals surface area contributed by atoms with Gasteiger partial charge in [0.25, 0.3) is 0 Å². The van der Waals surface area contributed by atoms with Crippen LogP contribution in [0.25, 0.3) is 66.2 Å². The van der Waals surface area contributed by atoms with Crippen LogP contribution in [0.1, 0.15) is 36.0 Å². The fourth-order valence-electron chi connectivity index (χ4n) is 8.59. The SMILES string of the molecule is [2H]C([2H])([2H])N1[CH-]N(c2[c-]c(Oc3[c-]c4c(cc3)c3ccccc3n4-c3cc4c(cn3)c3ccc(C)cc3n4-c3ccccc3)cc(C(C)(C)C)c2)c2cc(-c3ccccc3)ccc21.[Pt]. The molecule has 10 aromatic rings. The number of nitrogens with zero attached hydrogens (tertiary/aromatic N) is 5. The van der Waals surface area contributed by atoms with E-state index >= 15 is 0 Å². The van der Waals surface area contributed by atoms with Gasteiger partial charge in [-0.2, -0.15) is 12.7 Å². The summed E-state index contributed by atoms with van der Waals surface area (Å²) in [6.07, 6.45) is 1.99. The minimum Gasteiger partial charge on any atom is -0.509 e. The number of fused-ring (bicyclic) bond motifs is 7. The molecule has 4 heterocycles. The van der Waals surface area contributed by atoms with Crippen molar-refractivity contribution in [3.8, 4) is 34.1 Å². The molecule has 0 amide bonds. The number of anilines is 3. The Bertz CT molecular complexity index is 3410. The van der Waals surface area contributed by atoms with Crippen molar-refractivity contribution in [3.05, 3.63) is 188 Å². The number of ether oxygens (including phenoxy) is 1. The molecular weight excluding hydrogens is 930 g/mol. The summed E-state index contributed by atoms with van der Waals surface area (Å²) in [6, 6.07) is 58.8. The van der Waals surface area contributed by atoms with Gasteiger partial charge >= 0.3 is 0 Å². The van der Waals surface area contributed by atoms with Crippen LogP contribution in [-0.4, -0.2) is 21.1 Å². The second-order valence-electron chi connectivity index (χ2n) is 16.6. The van der Waals surface area contributed by atoms with E-state index < -0.39 is 6.98 Å². The minimum absolute atomic E-state index is 0. The zero-order chi connectivity index (χ0) is 43.2. The van der Waals surface area contributed by atoms with Crippen molar-refractivity contribution in [3.63, 3.8) is 0 Å². The zero-order valence-electron chi connectivity index (χ0n) is 37.0. The number of aryl methyl sites for hydroxylation is 1. The molecule has 0 saturated heterocycles. The van der Waals surface area contributed by atoms with E-state index in [-0.39, 0.29) is 26.5 Å². The van der Waals surface area contributed by atoms with Crippen LogP contribution < -0.4 is 14.5 Å². The molecule has 0 aliphatic carbocycles. The number of rotatable bonds is 6. The summed E-state index contributed by atoms with van der Waals surface area (Å²) in [5, 5.41) is 4.33. The van der Waals surface area contributed by atoms with Gasteiger partial charge in [0.2, 0.25) is 0 Å². The number of aromatic nitrogens is 3. The van der Waals surface area contributed by atoms with E-state index in [1.807, 2.05) is 65.7 Å². The van der Waals surface area contributed by atoms with E-state index in [4.69, 9.17) is 13.8 Å².